The molecule has 1 N–H and O–H groups in total. The first-order valence-electron chi connectivity index (χ1n) is 4.36. The molecule has 0 aliphatic heterocycles. The molecular formula is C9H10ClN3O. The lowest BCUT2D eigenvalue weighted by Crippen LogP contribution is -2.06. The van der Waals surface area contributed by atoms with Crippen LogP contribution in [0.2, 0.25) is 5.28 Å². The summed E-state index contributed by atoms with van der Waals surface area (Å²) >= 11 is 5.93. The van der Waals surface area contributed by atoms with Crippen LogP contribution < -0.4 is 5.56 Å². The largest absolute Gasteiger partial charge is 0.327 e. The number of rotatable bonds is 1. The topological polar surface area (TPSA) is 50.7 Å². The Labute approximate surface area is 85.5 Å². The van der Waals surface area contributed by atoms with Crippen LogP contribution in [0, 0.1) is 0 Å². The molecule has 0 fully saturated rings. The summed E-state index contributed by atoms with van der Waals surface area (Å²) in [6.07, 6.45) is 1.60. The zero-order valence-corrected chi connectivity index (χ0v) is 8.67. The number of nitrogens with one attached hydrogen (secondary N) is 1. The quantitative estimate of drug-likeness (QED) is 0.784. The number of aromatic amines is 1. The molecule has 0 radical (unpaired) electrons. The van der Waals surface area contributed by atoms with E-state index in [1.54, 1.807) is 12.3 Å². The molecule has 4 nitrogen and oxygen atoms in total. The normalized spacial score (nSPS) is 11.4. The SMILES string of the molecule is CC(C)n1c(Cl)nc2c(=O)[nH]ccc21. The predicted molar refractivity (Wildman–Crippen MR) is 55.7 cm³/mol. The van der Waals surface area contributed by atoms with E-state index in [0.717, 1.165) is 5.52 Å². The molecule has 0 aromatic carbocycles. The van der Waals surface area contributed by atoms with Crippen molar-refractivity contribution in [2.45, 2.75) is 19.9 Å². The number of pyridine rings is 1. The maximum absolute atomic E-state index is 11.4. The molecule has 2 heterocycles. The van der Waals surface area contributed by atoms with Gasteiger partial charge in [0.25, 0.3) is 5.56 Å². The van der Waals surface area contributed by atoms with Crippen molar-refractivity contribution in [2.75, 3.05) is 0 Å². The van der Waals surface area contributed by atoms with Crippen LogP contribution in [0.1, 0.15) is 19.9 Å². The molecule has 0 atom stereocenters. The first-order valence-corrected chi connectivity index (χ1v) is 4.74. The fourth-order valence-corrected chi connectivity index (χ4v) is 1.87. The third-order valence-electron chi connectivity index (χ3n) is 2.09. The van der Waals surface area contributed by atoms with Crippen LogP contribution in [0.3, 0.4) is 0 Å². The lowest BCUT2D eigenvalue weighted by atomic mass is 10.3. The van der Waals surface area contributed by atoms with Crippen molar-refractivity contribution >= 4 is 22.6 Å². The summed E-state index contributed by atoms with van der Waals surface area (Å²) in [7, 11) is 0. The van der Waals surface area contributed by atoms with Crippen LogP contribution in [-0.4, -0.2) is 14.5 Å². The van der Waals surface area contributed by atoms with Crippen LogP contribution in [-0.2, 0) is 0 Å². The standard InChI is InChI=1S/C9H10ClN3O/c1-5(2)13-6-3-4-11-8(14)7(6)12-9(13)10/h3-5H,1-2H3,(H,11,14). The molecule has 0 amide bonds. The second-order valence-electron chi connectivity index (χ2n) is 3.39. The van der Waals surface area contributed by atoms with Crippen molar-refractivity contribution in [1.29, 1.82) is 0 Å². The first-order chi connectivity index (χ1) is 6.61. The van der Waals surface area contributed by atoms with Gasteiger partial charge in [-0.25, -0.2) is 4.98 Å². The van der Waals surface area contributed by atoms with Gasteiger partial charge in [-0.1, -0.05) is 0 Å². The molecule has 0 saturated carbocycles. The Kier molecular flexibility index (Phi) is 2.07. The lowest BCUT2D eigenvalue weighted by molar-refractivity contribution is 0.618. The van der Waals surface area contributed by atoms with Gasteiger partial charge in [0.15, 0.2) is 5.52 Å². The number of aromatic nitrogens is 3. The average Bonchev–Trinajstić information content (AvgIpc) is 2.42. The molecule has 2 aromatic heterocycles. The Morgan fingerprint density at radius 2 is 2.29 bits per heavy atom. The summed E-state index contributed by atoms with van der Waals surface area (Å²) < 4.78 is 1.83. The average molecular weight is 212 g/mol. The molecule has 74 valence electrons. The number of hydrogen-bond donors (Lipinski definition) is 1. The summed E-state index contributed by atoms with van der Waals surface area (Å²) in [5, 5.41) is 0.353. The Hall–Kier alpha value is -1.29. The van der Waals surface area contributed by atoms with Crippen LogP contribution in [0.4, 0.5) is 0 Å². The van der Waals surface area contributed by atoms with Crippen molar-refractivity contribution < 1.29 is 0 Å². The Balaban J connectivity index is 2.91. The van der Waals surface area contributed by atoms with Gasteiger partial charge >= 0.3 is 0 Å². The van der Waals surface area contributed by atoms with E-state index in [1.807, 2.05) is 18.4 Å². The lowest BCUT2D eigenvalue weighted by Gasteiger charge is -2.08. The molecule has 0 bridgehead atoms. The van der Waals surface area contributed by atoms with Gasteiger partial charge in [-0.3, -0.25) is 4.79 Å². The van der Waals surface area contributed by atoms with E-state index in [4.69, 9.17) is 11.6 Å². The summed E-state index contributed by atoms with van der Waals surface area (Å²) in [4.78, 5) is 18.0. The number of imidazole rings is 1. The van der Waals surface area contributed by atoms with Crippen LogP contribution >= 0.6 is 11.6 Å². The smallest absolute Gasteiger partial charge is 0.276 e. The van der Waals surface area contributed by atoms with Crippen LogP contribution in [0.15, 0.2) is 17.1 Å². The van der Waals surface area contributed by atoms with E-state index in [0.29, 0.717) is 10.8 Å². The molecule has 0 aliphatic rings. The van der Waals surface area contributed by atoms with Crippen LogP contribution in [0.25, 0.3) is 11.0 Å². The van der Waals surface area contributed by atoms with E-state index >= 15 is 0 Å². The van der Waals surface area contributed by atoms with Crippen LogP contribution in [0.5, 0.6) is 0 Å². The summed E-state index contributed by atoms with van der Waals surface area (Å²) in [5.41, 5.74) is 0.962. The fourth-order valence-electron chi connectivity index (χ4n) is 1.50. The molecule has 0 aliphatic carbocycles. The number of H-pyrrole nitrogens is 1. The van der Waals surface area contributed by atoms with Gasteiger partial charge in [0.05, 0.1) is 5.52 Å². The molecule has 2 rings (SSSR count). The van der Waals surface area contributed by atoms with E-state index in [2.05, 4.69) is 9.97 Å². The van der Waals surface area contributed by atoms with Gasteiger partial charge in [-0.2, -0.15) is 0 Å². The van der Waals surface area contributed by atoms with Gasteiger partial charge in [0.1, 0.15) is 0 Å². The van der Waals surface area contributed by atoms with Crippen molar-refractivity contribution in [3.8, 4) is 0 Å². The van der Waals surface area contributed by atoms with Crippen molar-refractivity contribution in [3.05, 3.63) is 27.9 Å². The van der Waals surface area contributed by atoms with Crippen molar-refractivity contribution in [3.63, 3.8) is 0 Å². The summed E-state index contributed by atoms with van der Waals surface area (Å²) in [6, 6.07) is 1.99. The van der Waals surface area contributed by atoms with Crippen molar-refractivity contribution in [1.82, 2.24) is 14.5 Å². The summed E-state index contributed by atoms with van der Waals surface area (Å²) in [6.45, 7) is 3.99. The second kappa shape index (κ2) is 3.13. The monoisotopic (exact) mass is 211 g/mol. The van der Waals surface area contributed by atoms with Gasteiger partial charge in [-0.15, -0.1) is 0 Å². The molecule has 14 heavy (non-hydrogen) atoms. The highest BCUT2D eigenvalue weighted by Crippen LogP contribution is 2.21. The van der Waals surface area contributed by atoms with E-state index in [1.165, 1.54) is 0 Å². The van der Waals surface area contributed by atoms with Gasteiger partial charge in [-0.05, 0) is 31.5 Å². The molecule has 0 spiro atoms. The minimum atomic E-state index is -0.205. The highest BCUT2D eigenvalue weighted by Gasteiger charge is 2.12. The highest BCUT2D eigenvalue weighted by molar-refractivity contribution is 6.29. The highest BCUT2D eigenvalue weighted by atomic mass is 35.5. The molecule has 0 unspecified atom stereocenters. The Morgan fingerprint density at radius 1 is 1.57 bits per heavy atom. The van der Waals surface area contributed by atoms with Gasteiger partial charge in [0, 0.05) is 12.2 Å². The molecular weight excluding hydrogens is 202 g/mol. The molecule has 2 aromatic rings. The Bertz CT molecular complexity index is 526. The number of halogens is 1. The number of nitrogens with zero attached hydrogens (tertiary/aromatic N) is 2. The van der Waals surface area contributed by atoms with Gasteiger partial charge < -0.3 is 9.55 Å². The zero-order chi connectivity index (χ0) is 10.3. The predicted octanol–water partition coefficient (Wildman–Crippen LogP) is 1.96. The van der Waals surface area contributed by atoms with E-state index in [-0.39, 0.29) is 11.6 Å². The maximum atomic E-state index is 11.4. The number of fused-ring (bicyclic) bond motifs is 1. The Morgan fingerprint density at radius 3 is 2.93 bits per heavy atom. The minimum Gasteiger partial charge on any atom is -0.327 e. The molecule has 0 saturated heterocycles. The van der Waals surface area contributed by atoms with E-state index in [9.17, 15) is 4.79 Å². The fraction of sp³-hybridized carbons (Fsp3) is 0.333. The maximum Gasteiger partial charge on any atom is 0.276 e. The minimum absolute atomic E-state index is 0.189. The zero-order valence-electron chi connectivity index (χ0n) is 7.91. The first kappa shape index (κ1) is 9.27. The third-order valence-corrected chi connectivity index (χ3v) is 2.36. The van der Waals surface area contributed by atoms with Crippen molar-refractivity contribution in [2.24, 2.45) is 0 Å². The molecule has 5 heteroatoms. The summed E-state index contributed by atoms with van der Waals surface area (Å²) in [5.74, 6) is 0. The number of hydrogen-bond acceptors (Lipinski definition) is 2. The van der Waals surface area contributed by atoms with Gasteiger partial charge in [0.2, 0.25) is 5.28 Å². The second-order valence-corrected chi connectivity index (χ2v) is 3.72. The van der Waals surface area contributed by atoms with E-state index < -0.39 is 0 Å². The third kappa shape index (κ3) is 1.23.